The van der Waals surface area contributed by atoms with Crippen LogP contribution < -0.4 is 15.2 Å². The van der Waals surface area contributed by atoms with Gasteiger partial charge in [-0.1, -0.05) is 48.0 Å². The molecule has 1 aliphatic heterocycles. The first-order valence-corrected chi connectivity index (χ1v) is 12.7. The summed E-state index contributed by atoms with van der Waals surface area (Å²) in [6, 6.07) is 22.8. The summed E-state index contributed by atoms with van der Waals surface area (Å²) in [5, 5.41) is 10.9. The second-order valence-corrected chi connectivity index (χ2v) is 9.84. The zero-order valence-corrected chi connectivity index (χ0v) is 20.3. The van der Waals surface area contributed by atoms with Crippen molar-refractivity contribution in [1.82, 2.24) is 0 Å². The highest BCUT2D eigenvalue weighted by atomic mass is 35.5. The van der Waals surface area contributed by atoms with Gasteiger partial charge in [0.2, 0.25) is 5.88 Å². The number of thioether (sulfide) groups is 1. The van der Waals surface area contributed by atoms with Crippen molar-refractivity contribution in [2.24, 2.45) is 5.73 Å². The predicted octanol–water partition coefficient (Wildman–Crippen LogP) is 6.71. The first-order valence-electron chi connectivity index (χ1n) is 10.2. The summed E-state index contributed by atoms with van der Waals surface area (Å²) in [6.45, 7) is 0. The number of nitrogens with zero attached hydrogens (tertiary/aromatic N) is 1. The molecule has 2 heterocycles. The van der Waals surface area contributed by atoms with E-state index in [1.54, 1.807) is 30.0 Å². The van der Waals surface area contributed by atoms with Gasteiger partial charge in [0.05, 0.1) is 10.9 Å². The summed E-state index contributed by atoms with van der Waals surface area (Å²) in [5.41, 5.74) is 8.13. The van der Waals surface area contributed by atoms with Gasteiger partial charge >= 0.3 is 5.97 Å². The van der Waals surface area contributed by atoms with E-state index < -0.39 is 5.97 Å². The number of rotatable bonds is 4. The zero-order valence-electron chi connectivity index (χ0n) is 17.9. The van der Waals surface area contributed by atoms with Crippen molar-refractivity contribution in [3.8, 4) is 17.6 Å². The number of thiophene rings is 1. The van der Waals surface area contributed by atoms with Crippen LogP contribution in [0.2, 0.25) is 5.02 Å². The Kier molecular flexibility index (Phi) is 5.96. The molecule has 8 heteroatoms. The molecule has 34 heavy (non-hydrogen) atoms. The van der Waals surface area contributed by atoms with Crippen molar-refractivity contribution < 1.29 is 14.3 Å². The van der Waals surface area contributed by atoms with E-state index in [9.17, 15) is 10.1 Å². The zero-order chi connectivity index (χ0) is 23.8. The maximum absolute atomic E-state index is 12.9. The third-order valence-electron chi connectivity index (χ3n) is 5.57. The minimum atomic E-state index is -0.549. The van der Waals surface area contributed by atoms with E-state index in [1.807, 2.05) is 54.8 Å². The number of hydrogen-bond acceptors (Lipinski definition) is 7. The molecule has 5 nitrogen and oxygen atoms in total. The van der Waals surface area contributed by atoms with E-state index >= 15 is 0 Å². The molecule has 4 aromatic rings. The van der Waals surface area contributed by atoms with Crippen LogP contribution in [0.3, 0.4) is 0 Å². The number of carbonyl (C=O) groups is 1. The molecule has 1 aliphatic rings. The molecule has 2 N–H and O–H groups in total. The van der Waals surface area contributed by atoms with Crippen LogP contribution in [0.15, 0.2) is 83.1 Å². The molecule has 0 saturated carbocycles. The number of benzene rings is 3. The summed E-state index contributed by atoms with van der Waals surface area (Å²) < 4.78 is 12.3. The van der Waals surface area contributed by atoms with Crippen LogP contribution in [0.5, 0.6) is 11.5 Å². The second-order valence-electron chi connectivity index (χ2n) is 7.53. The van der Waals surface area contributed by atoms with Crippen molar-refractivity contribution in [3.63, 3.8) is 0 Å². The minimum Gasteiger partial charge on any atom is -0.440 e. The van der Waals surface area contributed by atoms with E-state index in [1.165, 1.54) is 11.3 Å². The van der Waals surface area contributed by atoms with E-state index in [0.29, 0.717) is 27.0 Å². The highest BCUT2D eigenvalue weighted by Gasteiger charge is 2.31. The third-order valence-corrected chi connectivity index (χ3v) is 7.97. The molecule has 0 spiro atoms. The van der Waals surface area contributed by atoms with Crippen molar-refractivity contribution in [1.29, 1.82) is 5.26 Å². The molecule has 0 aliphatic carbocycles. The summed E-state index contributed by atoms with van der Waals surface area (Å²) in [5.74, 6) is -0.172. The maximum Gasteiger partial charge on any atom is 0.355 e. The predicted molar refractivity (Wildman–Crippen MR) is 136 cm³/mol. The smallest absolute Gasteiger partial charge is 0.355 e. The fourth-order valence-electron chi connectivity index (χ4n) is 3.94. The molecule has 0 radical (unpaired) electrons. The van der Waals surface area contributed by atoms with Gasteiger partial charge in [-0.2, -0.15) is 5.26 Å². The Bertz CT molecular complexity index is 1500. The fourth-order valence-corrected chi connectivity index (χ4v) is 5.73. The minimum absolute atomic E-state index is 0.0324. The average Bonchev–Trinajstić information content (AvgIpc) is 3.20. The molecule has 1 aromatic heterocycles. The Labute approximate surface area is 209 Å². The Hall–Kier alpha value is -3.44. The Morgan fingerprint density at radius 1 is 1.18 bits per heavy atom. The number of carbonyl (C=O) groups excluding carboxylic acids is 1. The largest absolute Gasteiger partial charge is 0.440 e. The van der Waals surface area contributed by atoms with Crippen LogP contribution in [0.4, 0.5) is 0 Å². The van der Waals surface area contributed by atoms with Crippen molar-refractivity contribution in [3.05, 3.63) is 99.2 Å². The van der Waals surface area contributed by atoms with Crippen LogP contribution >= 0.6 is 34.7 Å². The lowest BCUT2D eigenvalue weighted by molar-refractivity contribution is 0.0740. The van der Waals surface area contributed by atoms with Crippen LogP contribution in [-0.2, 0) is 0 Å². The van der Waals surface area contributed by atoms with Crippen molar-refractivity contribution in [2.75, 3.05) is 6.26 Å². The van der Waals surface area contributed by atoms with Gasteiger partial charge in [-0.3, -0.25) is 0 Å². The van der Waals surface area contributed by atoms with Gasteiger partial charge in [-0.25, -0.2) is 4.79 Å². The normalized spacial score (nSPS) is 14.9. The van der Waals surface area contributed by atoms with Gasteiger partial charge in [0.1, 0.15) is 28.0 Å². The van der Waals surface area contributed by atoms with Crippen LogP contribution in [-0.4, -0.2) is 12.2 Å². The highest BCUT2D eigenvalue weighted by Crippen LogP contribution is 2.44. The first kappa shape index (κ1) is 22.4. The average molecular weight is 505 g/mol. The summed E-state index contributed by atoms with van der Waals surface area (Å²) in [7, 11) is 0. The number of nitriles is 1. The molecular weight excluding hydrogens is 488 g/mol. The van der Waals surface area contributed by atoms with Crippen molar-refractivity contribution >= 4 is 50.8 Å². The Morgan fingerprint density at radius 3 is 2.65 bits per heavy atom. The monoisotopic (exact) mass is 504 g/mol. The summed E-state index contributed by atoms with van der Waals surface area (Å²) in [6.07, 6.45) is 2.01. The Morgan fingerprint density at radius 2 is 1.94 bits per heavy atom. The number of halogens is 1. The molecule has 1 unspecified atom stereocenters. The molecule has 3 aromatic carbocycles. The fraction of sp³-hybridized carbons (Fsp3) is 0.0769. The molecule has 168 valence electrons. The lowest BCUT2D eigenvalue weighted by Crippen LogP contribution is -2.21. The molecule has 0 fully saturated rings. The van der Waals surface area contributed by atoms with E-state index in [-0.39, 0.29) is 11.8 Å². The van der Waals surface area contributed by atoms with E-state index in [4.69, 9.17) is 26.8 Å². The number of nitrogens with two attached hydrogens (primary N) is 1. The topological polar surface area (TPSA) is 85.3 Å². The highest BCUT2D eigenvalue weighted by molar-refractivity contribution is 7.98. The number of allylic oxidation sites excluding steroid dienone is 1. The van der Waals surface area contributed by atoms with Gasteiger partial charge in [0, 0.05) is 26.6 Å². The Balaban J connectivity index is 1.48. The lowest BCUT2D eigenvalue weighted by atomic mass is 9.83. The number of fused-ring (bicyclic) bond motifs is 2. The van der Waals surface area contributed by atoms with Crippen molar-refractivity contribution in [2.45, 2.75) is 10.8 Å². The third kappa shape index (κ3) is 3.90. The van der Waals surface area contributed by atoms with Gasteiger partial charge in [0.25, 0.3) is 0 Å². The standard InChI is InChI=1S/C26H17ClN2O3S2/c1-33-16-9-6-14(7-10-16)22-17-11-8-15(12-20(17)32-25(29)19(22)13-28)31-26(30)24-23(27)18-4-2-3-5-21(18)34-24/h2-12,22H,29H2,1H3. The van der Waals surface area contributed by atoms with E-state index in [0.717, 1.165) is 26.1 Å². The van der Waals surface area contributed by atoms with Gasteiger partial charge in [-0.15, -0.1) is 23.1 Å². The van der Waals surface area contributed by atoms with Gasteiger partial charge in [-0.05, 0) is 36.1 Å². The van der Waals surface area contributed by atoms with E-state index in [2.05, 4.69) is 6.07 Å². The number of esters is 1. The molecule has 5 rings (SSSR count). The van der Waals surface area contributed by atoms with Crippen LogP contribution in [0, 0.1) is 11.3 Å². The molecule has 1 atom stereocenters. The summed E-state index contributed by atoms with van der Waals surface area (Å²) >= 11 is 9.35. The first-order chi connectivity index (χ1) is 16.5. The van der Waals surface area contributed by atoms with Gasteiger partial charge < -0.3 is 15.2 Å². The molecule has 0 saturated heterocycles. The maximum atomic E-state index is 12.9. The van der Waals surface area contributed by atoms with Gasteiger partial charge in [0.15, 0.2) is 0 Å². The molecule has 0 amide bonds. The lowest BCUT2D eigenvalue weighted by Gasteiger charge is -2.26. The molecular formula is C26H17ClN2O3S2. The van der Waals surface area contributed by atoms with Crippen LogP contribution in [0.25, 0.3) is 10.1 Å². The summed E-state index contributed by atoms with van der Waals surface area (Å²) in [4.78, 5) is 14.3. The molecule has 0 bridgehead atoms. The number of ether oxygens (including phenoxy) is 2. The second kappa shape index (κ2) is 9.07. The van der Waals surface area contributed by atoms with Crippen LogP contribution in [0.1, 0.15) is 26.7 Å². The quantitative estimate of drug-likeness (QED) is 0.189. The SMILES string of the molecule is CSc1ccc(C2C(C#N)=C(N)Oc3cc(OC(=O)c4sc5ccccc5c4Cl)ccc32)cc1. The number of hydrogen-bond donors (Lipinski definition) is 1.